The zero-order valence-electron chi connectivity index (χ0n) is 19.4. The summed E-state index contributed by atoms with van der Waals surface area (Å²) in [6.07, 6.45) is 4.28. The smallest absolute Gasteiger partial charge is 0.410 e. The van der Waals surface area contributed by atoms with Crippen molar-refractivity contribution >= 4 is 12.1 Å². The minimum atomic E-state index is -0.780. The summed E-state index contributed by atoms with van der Waals surface area (Å²) in [6, 6.07) is 0. The average molecular weight is 424 g/mol. The van der Waals surface area contributed by atoms with E-state index in [1.54, 1.807) is 11.2 Å². The van der Waals surface area contributed by atoms with E-state index in [1.807, 2.05) is 52.3 Å². The minimum absolute atomic E-state index is 0.257. The van der Waals surface area contributed by atoms with Gasteiger partial charge in [0.05, 0.1) is 24.7 Å². The van der Waals surface area contributed by atoms with Crippen LogP contribution in [0.15, 0.2) is 12.5 Å². The number of ether oxygens (including phenoxy) is 3. The Labute approximate surface area is 179 Å². The van der Waals surface area contributed by atoms with Gasteiger partial charge in [0.25, 0.3) is 0 Å². The lowest BCUT2D eigenvalue weighted by Gasteiger charge is -2.26. The number of hydrogen-bond acceptors (Lipinski definition) is 6. The van der Waals surface area contributed by atoms with Gasteiger partial charge in [-0.15, -0.1) is 0 Å². The highest BCUT2D eigenvalue weighted by atomic mass is 16.6. The molecule has 2 atom stereocenters. The van der Waals surface area contributed by atoms with Gasteiger partial charge in [0, 0.05) is 25.7 Å². The van der Waals surface area contributed by atoms with E-state index in [4.69, 9.17) is 14.2 Å². The summed E-state index contributed by atoms with van der Waals surface area (Å²) >= 11 is 0. The fourth-order valence-corrected chi connectivity index (χ4v) is 3.20. The van der Waals surface area contributed by atoms with Crippen molar-refractivity contribution in [3.8, 4) is 0 Å². The van der Waals surface area contributed by atoms with E-state index >= 15 is 0 Å². The number of carbonyl (C=O) groups is 2. The molecule has 0 N–H and O–H groups in total. The number of esters is 1. The van der Waals surface area contributed by atoms with Crippen LogP contribution in [0.1, 0.15) is 67.0 Å². The molecule has 2 heterocycles. The second-order valence-electron chi connectivity index (χ2n) is 9.80. The van der Waals surface area contributed by atoms with E-state index < -0.39 is 23.3 Å². The van der Waals surface area contributed by atoms with E-state index in [-0.39, 0.29) is 12.2 Å². The van der Waals surface area contributed by atoms with Crippen molar-refractivity contribution in [1.82, 2.24) is 14.5 Å². The number of aryl methyl sites for hydroxylation is 1. The molecule has 1 aromatic rings. The van der Waals surface area contributed by atoms with Crippen molar-refractivity contribution in [1.29, 1.82) is 0 Å². The molecule has 0 radical (unpaired) electrons. The highest BCUT2D eigenvalue weighted by Gasteiger charge is 2.35. The summed E-state index contributed by atoms with van der Waals surface area (Å²) in [6.45, 7) is 14.9. The molecule has 1 amide bonds. The summed E-state index contributed by atoms with van der Waals surface area (Å²) in [5.74, 6) is -0.414. The maximum Gasteiger partial charge on any atom is 0.410 e. The zero-order valence-corrected chi connectivity index (χ0v) is 19.4. The third-order valence-electron chi connectivity index (χ3n) is 4.39. The van der Waals surface area contributed by atoms with Crippen molar-refractivity contribution in [2.24, 2.45) is 0 Å². The van der Waals surface area contributed by atoms with Crippen molar-refractivity contribution < 1.29 is 23.8 Å². The Bertz CT molecular complexity index is 717. The molecule has 2 rings (SSSR count). The quantitative estimate of drug-likeness (QED) is 0.624. The maximum absolute atomic E-state index is 12.8. The normalized spacial score (nSPS) is 18.4. The Kier molecular flexibility index (Phi) is 7.91. The number of imidazole rings is 1. The van der Waals surface area contributed by atoms with E-state index in [1.165, 1.54) is 0 Å². The fourth-order valence-electron chi connectivity index (χ4n) is 3.20. The third-order valence-corrected chi connectivity index (χ3v) is 4.39. The van der Waals surface area contributed by atoms with Gasteiger partial charge < -0.3 is 23.7 Å². The SMILES string of the molecule is CCCn1cnc(CC(O[C@@H]2CCN(C(=O)OC(C)(C)C)C2)C(=O)OC(C)(C)C)c1. The molecule has 0 aliphatic carbocycles. The van der Waals surface area contributed by atoms with Crippen LogP contribution in [0.4, 0.5) is 4.79 Å². The highest BCUT2D eigenvalue weighted by molar-refractivity contribution is 5.75. The molecule has 0 aromatic carbocycles. The van der Waals surface area contributed by atoms with E-state index in [9.17, 15) is 9.59 Å². The van der Waals surface area contributed by atoms with Crippen molar-refractivity contribution in [3.05, 3.63) is 18.2 Å². The zero-order chi connectivity index (χ0) is 22.5. The number of amides is 1. The lowest BCUT2D eigenvalue weighted by atomic mass is 10.1. The van der Waals surface area contributed by atoms with Gasteiger partial charge in [-0.3, -0.25) is 0 Å². The van der Waals surface area contributed by atoms with Gasteiger partial charge in [-0.1, -0.05) is 6.92 Å². The van der Waals surface area contributed by atoms with Crippen LogP contribution in [0, 0.1) is 0 Å². The molecule has 0 spiro atoms. The first-order valence-corrected chi connectivity index (χ1v) is 10.7. The largest absolute Gasteiger partial charge is 0.458 e. The topological polar surface area (TPSA) is 82.9 Å². The molecule has 1 aliphatic rings. The number of likely N-dealkylation sites (tertiary alicyclic amines) is 1. The molecular weight excluding hydrogens is 386 g/mol. The van der Waals surface area contributed by atoms with Gasteiger partial charge in [0.2, 0.25) is 0 Å². The lowest BCUT2D eigenvalue weighted by Crippen LogP contribution is -2.39. The Balaban J connectivity index is 2.03. The van der Waals surface area contributed by atoms with E-state index in [2.05, 4.69) is 11.9 Å². The van der Waals surface area contributed by atoms with E-state index in [0.29, 0.717) is 25.9 Å². The number of nitrogens with zero attached hydrogens (tertiary/aromatic N) is 3. The van der Waals surface area contributed by atoms with Crippen LogP contribution >= 0.6 is 0 Å². The Hall–Kier alpha value is -2.09. The van der Waals surface area contributed by atoms with Gasteiger partial charge in [-0.25, -0.2) is 14.6 Å². The number of rotatable bonds is 7. The standard InChI is InChI=1S/C22H37N3O5/c1-8-10-24-13-16(23-15-24)12-18(19(26)29-21(2,3)4)28-17-9-11-25(14-17)20(27)30-22(5,6)7/h13,15,17-18H,8-12,14H2,1-7H3/t17-,18?/m1/s1. The Morgan fingerprint density at radius 1 is 1.17 bits per heavy atom. The summed E-state index contributed by atoms with van der Waals surface area (Å²) in [4.78, 5) is 31.1. The van der Waals surface area contributed by atoms with Crippen LogP contribution in [-0.4, -0.2) is 63.0 Å². The van der Waals surface area contributed by atoms with Gasteiger partial charge in [-0.05, 0) is 54.4 Å². The molecule has 1 unspecified atom stereocenters. The van der Waals surface area contributed by atoms with Crippen molar-refractivity contribution in [2.45, 2.75) is 97.7 Å². The molecule has 1 aromatic heterocycles. The van der Waals surface area contributed by atoms with Crippen LogP contribution in [0.2, 0.25) is 0 Å². The maximum atomic E-state index is 12.8. The number of hydrogen-bond donors (Lipinski definition) is 0. The molecular formula is C22H37N3O5. The molecule has 30 heavy (non-hydrogen) atoms. The first-order chi connectivity index (χ1) is 13.9. The molecule has 1 fully saturated rings. The van der Waals surface area contributed by atoms with Gasteiger partial charge in [0.1, 0.15) is 11.2 Å². The summed E-state index contributed by atoms with van der Waals surface area (Å²) in [5, 5.41) is 0. The van der Waals surface area contributed by atoms with Crippen LogP contribution in [-0.2, 0) is 32.0 Å². The molecule has 1 saturated heterocycles. The van der Waals surface area contributed by atoms with Crippen LogP contribution in [0.3, 0.4) is 0 Å². The molecule has 0 bridgehead atoms. The van der Waals surface area contributed by atoms with Crippen LogP contribution in [0.25, 0.3) is 0 Å². The second kappa shape index (κ2) is 9.81. The first-order valence-electron chi connectivity index (χ1n) is 10.7. The fraction of sp³-hybridized carbons (Fsp3) is 0.773. The molecule has 0 saturated carbocycles. The van der Waals surface area contributed by atoms with E-state index in [0.717, 1.165) is 18.7 Å². The lowest BCUT2D eigenvalue weighted by molar-refractivity contribution is -0.171. The van der Waals surface area contributed by atoms with Crippen molar-refractivity contribution in [2.75, 3.05) is 13.1 Å². The summed E-state index contributed by atoms with van der Waals surface area (Å²) in [7, 11) is 0. The highest BCUT2D eigenvalue weighted by Crippen LogP contribution is 2.21. The van der Waals surface area contributed by atoms with Gasteiger partial charge >= 0.3 is 12.1 Å². The van der Waals surface area contributed by atoms with Gasteiger partial charge in [-0.2, -0.15) is 0 Å². The predicted molar refractivity (Wildman–Crippen MR) is 113 cm³/mol. The Morgan fingerprint density at radius 2 is 1.83 bits per heavy atom. The molecule has 170 valence electrons. The summed E-state index contributed by atoms with van der Waals surface area (Å²) in [5.41, 5.74) is -0.383. The number of aromatic nitrogens is 2. The Morgan fingerprint density at radius 3 is 2.43 bits per heavy atom. The molecule has 1 aliphatic heterocycles. The van der Waals surface area contributed by atoms with Crippen molar-refractivity contribution in [3.63, 3.8) is 0 Å². The molecule has 8 heteroatoms. The first kappa shape index (κ1) is 24.2. The number of carbonyl (C=O) groups excluding carboxylic acids is 2. The second-order valence-corrected chi connectivity index (χ2v) is 9.80. The summed E-state index contributed by atoms with van der Waals surface area (Å²) < 4.78 is 19.1. The average Bonchev–Trinajstić information content (AvgIpc) is 3.21. The minimum Gasteiger partial charge on any atom is -0.458 e. The van der Waals surface area contributed by atoms with Crippen LogP contribution < -0.4 is 0 Å². The third kappa shape index (κ3) is 7.97. The van der Waals surface area contributed by atoms with Gasteiger partial charge in [0.15, 0.2) is 6.10 Å². The monoisotopic (exact) mass is 423 g/mol. The van der Waals surface area contributed by atoms with Crippen LogP contribution in [0.5, 0.6) is 0 Å². The predicted octanol–water partition coefficient (Wildman–Crippen LogP) is 3.57. The molecule has 8 nitrogen and oxygen atoms in total.